The van der Waals surface area contributed by atoms with Crippen LogP contribution in [0.15, 0.2) is 49.2 Å². The molecule has 0 aliphatic rings. The number of benzene rings is 1. The highest BCUT2D eigenvalue weighted by molar-refractivity contribution is 5.69. The van der Waals surface area contributed by atoms with E-state index in [9.17, 15) is 17.6 Å². The number of aromatic nitrogens is 1. The summed E-state index contributed by atoms with van der Waals surface area (Å²) < 4.78 is 51.0. The summed E-state index contributed by atoms with van der Waals surface area (Å²) in [7, 11) is 0.500. The average molecular weight is 311 g/mol. The molecule has 0 fully saturated rings. The second-order valence-electron chi connectivity index (χ2n) is 4.47. The van der Waals surface area contributed by atoms with Crippen molar-refractivity contribution in [1.82, 2.24) is 4.98 Å². The Labute approximate surface area is 127 Å². The van der Waals surface area contributed by atoms with Gasteiger partial charge in [0.15, 0.2) is 0 Å². The number of alkyl halides is 3. The van der Waals surface area contributed by atoms with E-state index < -0.39 is 17.3 Å². The predicted octanol–water partition coefficient (Wildman–Crippen LogP) is 5.17. The Bertz CT molecular complexity index is 604. The van der Waals surface area contributed by atoms with E-state index in [0.717, 1.165) is 24.1 Å². The highest BCUT2D eigenvalue weighted by Gasteiger charge is 2.37. The number of nitrogens with zero attached hydrogens (tertiary/aromatic N) is 1. The standard InChI is InChI=1S/C16H14F3N.CH3F/c1-3-12-4-9-15(20-10-12)16(18,19)11(2)13-5-7-14(17)8-6-13;1-2/h4-10H,2-3H2,1H3;1H3. The van der Waals surface area contributed by atoms with Crippen LogP contribution in [0.3, 0.4) is 0 Å². The third-order valence-electron chi connectivity index (χ3n) is 3.13. The van der Waals surface area contributed by atoms with E-state index in [0.29, 0.717) is 7.18 Å². The third-order valence-corrected chi connectivity index (χ3v) is 3.13. The second kappa shape index (κ2) is 7.73. The Morgan fingerprint density at radius 1 is 1.09 bits per heavy atom. The molecule has 1 aromatic heterocycles. The predicted molar refractivity (Wildman–Crippen MR) is 80.0 cm³/mol. The van der Waals surface area contributed by atoms with Crippen LogP contribution in [0.25, 0.3) is 5.57 Å². The van der Waals surface area contributed by atoms with Crippen molar-refractivity contribution in [2.24, 2.45) is 0 Å². The lowest BCUT2D eigenvalue weighted by Crippen LogP contribution is -2.17. The zero-order valence-electron chi connectivity index (χ0n) is 12.4. The third kappa shape index (κ3) is 3.93. The van der Waals surface area contributed by atoms with E-state index >= 15 is 0 Å². The number of rotatable bonds is 4. The van der Waals surface area contributed by atoms with E-state index in [4.69, 9.17) is 0 Å². The molecule has 0 aliphatic carbocycles. The van der Waals surface area contributed by atoms with E-state index in [2.05, 4.69) is 11.6 Å². The zero-order valence-corrected chi connectivity index (χ0v) is 12.4. The summed E-state index contributed by atoms with van der Waals surface area (Å²) in [5.41, 5.74) is 0.327. The monoisotopic (exact) mass is 311 g/mol. The minimum atomic E-state index is -3.29. The van der Waals surface area contributed by atoms with E-state index in [-0.39, 0.29) is 11.3 Å². The van der Waals surface area contributed by atoms with Gasteiger partial charge in [0.05, 0.1) is 7.18 Å². The van der Waals surface area contributed by atoms with Crippen molar-refractivity contribution in [2.75, 3.05) is 7.18 Å². The van der Waals surface area contributed by atoms with Crippen molar-refractivity contribution < 1.29 is 17.6 Å². The number of pyridine rings is 1. The van der Waals surface area contributed by atoms with Crippen molar-refractivity contribution in [3.05, 3.63) is 71.8 Å². The first-order valence-corrected chi connectivity index (χ1v) is 6.61. The lowest BCUT2D eigenvalue weighted by molar-refractivity contribution is 0.0597. The first-order chi connectivity index (χ1) is 10.4. The number of hydrogen-bond donors (Lipinski definition) is 0. The van der Waals surface area contributed by atoms with E-state index in [1.165, 1.54) is 24.4 Å². The fourth-order valence-corrected chi connectivity index (χ4v) is 1.81. The first-order valence-electron chi connectivity index (χ1n) is 6.61. The smallest absolute Gasteiger partial charge is 0.255 e. The van der Waals surface area contributed by atoms with Crippen LogP contribution in [-0.2, 0) is 12.3 Å². The molecule has 0 radical (unpaired) electrons. The molecule has 0 aliphatic heterocycles. The van der Waals surface area contributed by atoms with Crippen molar-refractivity contribution in [3.63, 3.8) is 0 Å². The summed E-state index contributed by atoms with van der Waals surface area (Å²) in [6.45, 7) is 5.36. The number of aryl methyl sites for hydroxylation is 1. The number of allylic oxidation sites excluding steroid dienone is 1. The van der Waals surface area contributed by atoms with Gasteiger partial charge < -0.3 is 0 Å². The Morgan fingerprint density at radius 2 is 1.68 bits per heavy atom. The minimum Gasteiger partial charge on any atom is -0.255 e. The van der Waals surface area contributed by atoms with Gasteiger partial charge in [-0.1, -0.05) is 31.7 Å². The highest BCUT2D eigenvalue weighted by atomic mass is 19.3. The molecule has 2 rings (SSSR count). The molecule has 1 nitrogen and oxygen atoms in total. The lowest BCUT2D eigenvalue weighted by atomic mass is 9.98. The largest absolute Gasteiger partial charge is 0.314 e. The molecule has 0 unspecified atom stereocenters. The molecule has 0 amide bonds. The van der Waals surface area contributed by atoms with Gasteiger partial charge in [0, 0.05) is 11.8 Å². The van der Waals surface area contributed by atoms with Gasteiger partial charge in [-0.2, -0.15) is 8.78 Å². The highest BCUT2D eigenvalue weighted by Crippen LogP contribution is 2.39. The Kier molecular flexibility index (Phi) is 6.28. The molecule has 2 aromatic rings. The van der Waals surface area contributed by atoms with Crippen LogP contribution < -0.4 is 0 Å². The summed E-state index contributed by atoms with van der Waals surface area (Å²) in [6, 6.07) is 7.74. The molecular formula is C17H17F4N. The van der Waals surface area contributed by atoms with Crippen molar-refractivity contribution >= 4 is 5.57 Å². The molecule has 0 bridgehead atoms. The van der Waals surface area contributed by atoms with Crippen LogP contribution in [0.1, 0.15) is 23.7 Å². The molecule has 22 heavy (non-hydrogen) atoms. The van der Waals surface area contributed by atoms with Gasteiger partial charge in [0.1, 0.15) is 11.5 Å². The Hall–Kier alpha value is -2.17. The maximum absolute atomic E-state index is 14.3. The Balaban J connectivity index is 0.00000116. The summed E-state index contributed by atoms with van der Waals surface area (Å²) in [6.07, 6.45) is 2.17. The van der Waals surface area contributed by atoms with Crippen molar-refractivity contribution in [1.29, 1.82) is 0 Å². The van der Waals surface area contributed by atoms with E-state index in [1.807, 2.05) is 6.92 Å². The summed E-state index contributed by atoms with van der Waals surface area (Å²) in [5, 5.41) is 0. The quantitative estimate of drug-likeness (QED) is 0.709. The van der Waals surface area contributed by atoms with Crippen LogP contribution in [-0.4, -0.2) is 12.2 Å². The summed E-state index contributed by atoms with van der Waals surface area (Å²) in [4.78, 5) is 3.80. The molecule has 1 heterocycles. The van der Waals surface area contributed by atoms with Gasteiger partial charge in [0.2, 0.25) is 0 Å². The Morgan fingerprint density at radius 3 is 2.14 bits per heavy atom. The molecule has 0 spiro atoms. The molecule has 0 N–H and O–H groups in total. The maximum atomic E-state index is 14.3. The number of halogens is 4. The summed E-state index contributed by atoms with van der Waals surface area (Å²) >= 11 is 0. The van der Waals surface area contributed by atoms with Gasteiger partial charge in [-0.15, -0.1) is 0 Å². The van der Waals surface area contributed by atoms with Gasteiger partial charge in [0.25, 0.3) is 0 Å². The first kappa shape index (κ1) is 17.9. The van der Waals surface area contributed by atoms with Crippen LogP contribution in [0.5, 0.6) is 0 Å². The minimum absolute atomic E-state index is 0.192. The van der Waals surface area contributed by atoms with Crippen LogP contribution >= 0.6 is 0 Å². The molecule has 1 aromatic carbocycles. The molecule has 0 saturated carbocycles. The SMILES string of the molecule is C=C(c1ccc(F)cc1)C(F)(F)c1ccc(CC)cn1.CF. The van der Waals surface area contributed by atoms with Crippen molar-refractivity contribution in [3.8, 4) is 0 Å². The van der Waals surface area contributed by atoms with E-state index in [1.54, 1.807) is 6.07 Å². The fourth-order valence-electron chi connectivity index (χ4n) is 1.81. The van der Waals surface area contributed by atoms with Gasteiger partial charge in [-0.05, 0) is 35.7 Å². The topological polar surface area (TPSA) is 12.9 Å². The molecular weight excluding hydrogens is 294 g/mol. The normalized spacial score (nSPS) is 10.6. The lowest BCUT2D eigenvalue weighted by Gasteiger charge is -2.19. The zero-order chi connectivity index (χ0) is 16.8. The number of hydrogen-bond acceptors (Lipinski definition) is 1. The van der Waals surface area contributed by atoms with Crippen LogP contribution in [0.2, 0.25) is 0 Å². The molecule has 5 heteroatoms. The van der Waals surface area contributed by atoms with Crippen LogP contribution in [0.4, 0.5) is 17.6 Å². The molecule has 0 atom stereocenters. The van der Waals surface area contributed by atoms with Gasteiger partial charge in [-0.3, -0.25) is 9.37 Å². The summed E-state index contributed by atoms with van der Waals surface area (Å²) in [5.74, 6) is -3.76. The second-order valence-corrected chi connectivity index (χ2v) is 4.47. The van der Waals surface area contributed by atoms with Crippen molar-refractivity contribution in [2.45, 2.75) is 19.3 Å². The van der Waals surface area contributed by atoms with Gasteiger partial charge in [-0.25, -0.2) is 4.39 Å². The van der Waals surface area contributed by atoms with Crippen LogP contribution in [0, 0.1) is 5.82 Å². The molecule has 118 valence electrons. The van der Waals surface area contributed by atoms with Gasteiger partial charge >= 0.3 is 5.92 Å². The fraction of sp³-hybridized carbons (Fsp3) is 0.235. The molecule has 0 saturated heterocycles. The average Bonchev–Trinajstić information content (AvgIpc) is 2.56. The maximum Gasteiger partial charge on any atom is 0.314 e.